The van der Waals surface area contributed by atoms with Gasteiger partial charge in [-0.05, 0) is 50.7 Å². The zero-order chi connectivity index (χ0) is 33.7. The molecule has 1 aromatic rings. The van der Waals surface area contributed by atoms with Crippen LogP contribution in [0.25, 0.3) is 0 Å². The van der Waals surface area contributed by atoms with E-state index in [-0.39, 0.29) is 29.8 Å². The fourth-order valence-corrected chi connectivity index (χ4v) is 6.67. The van der Waals surface area contributed by atoms with Crippen LogP contribution in [-0.2, 0) is 41.8 Å². The fraction of sp³-hybridized carbons (Fsp3) is 0.828. The van der Waals surface area contributed by atoms with E-state index in [0.717, 1.165) is 0 Å². The lowest BCUT2D eigenvalue weighted by Gasteiger charge is -2.40. The molecule has 1 aliphatic rings. The van der Waals surface area contributed by atoms with Crippen LogP contribution in [0, 0.1) is 10.8 Å². The largest absolute Gasteiger partial charge is 0.438 e. The summed E-state index contributed by atoms with van der Waals surface area (Å²) < 4.78 is 56.2. The molecular formula is C29H53N2O11PSi. The first-order valence-electron chi connectivity index (χ1n) is 14.8. The van der Waals surface area contributed by atoms with Crippen LogP contribution in [0.3, 0.4) is 0 Å². The Morgan fingerprint density at radius 3 is 2.16 bits per heavy atom. The van der Waals surface area contributed by atoms with Crippen LogP contribution in [0.5, 0.6) is 0 Å². The molecule has 0 bridgehead atoms. The van der Waals surface area contributed by atoms with Gasteiger partial charge in [-0.1, -0.05) is 41.5 Å². The normalized spacial score (nSPS) is 23.0. The van der Waals surface area contributed by atoms with Gasteiger partial charge in [0.15, 0.2) is 21.3 Å². The second kappa shape index (κ2) is 14.8. The topological polar surface area (TPSA) is 154 Å². The lowest BCUT2D eigenvalue weighted by atomic mass is 9.98. The van der Waals surface area contributed by atoms with Gasteiger partial charge in [-0.3, -0.25) is 32.8 Å². The number of aromatic amines is 1. The van der Waals surface area contributed by atoms with Crippen LogP contribution in [0.4, 0.5) is 0 Å². The van der Waals surface area contributed by atoms with E-state index in [2.05, 4.69) is 38.8 Å². The molecular weight excluding hydrogens is 611 g/mol. The molecule has 1 saturated heterocycles. The first-order chi connectivity index (χ1) is 20.0. The maximum absolute atomic E-state index is 13.9. The average molecular weight is 665 g/mol. The van der Waals surface area contributed by atoms with Crippen molar-refractivity contribution in [3.63, 3.8) is 0 Å². The van der Waals surface area contributed by atoms with Crippen molar-refractivity contribution in [2.45, 2.75) is 111 Å². The molecule has 3 unspecified atom stereocenters. The molecule has 1 aromatic heterocycles. The molecule has 1 aliphatic heterocycles. The van der Waals surface area contributed by atoms with Gasteiger partial charge in [0.1, 0.15) is 12.2 Å². The molecule has 0 radical (unpaired) electrons. The van der Waals surface area contributed by atoms with Crippen LogP contribution in [-0.4, -0.2) is 75.6 Å². The van der Waals surface area contributed by atoms with E-state index >= 15 is 0 Å². The highest BCUT2D eigenvalue weighted by atomic mass is 31.2. The number of carbonyl (C=O) groups is 1. The Labute approximate surface area is 261 Å². The molecule has 0 spiro atoms. The van der Waals surface area contributed by atoms with Crippen molar-refractivity contribution in [1.29, 1.82) is 0 Å². The number of aromatic nitrogens is 2. The van der Waals surface area contributed by atoms with Crippen LogP contribution >= 0.6 is 7.60 Å². The Morgan fingerprint density at radius 2 is 1.64 bits per heavy atom. The molecule has 254 valence electrons. The second-order valence-corrected chi connectivity index (χ2v) is 21.8. The van der Waals surface area contributed by atoms with Gasteiger partial charge < -0.3 is 23.4 Å². The summed E-state index contributed by atoms with van der Waals surface area (Å²) in [6.45, 7) is 21.0. The van der Waals surface area contributed by atoms with Crippen LogP contribution in [0.1, 0.15) is 75.0 Å². The molecule has 5 atom stereocenters. The van der Waals surface area contributed by atoms with E-state index in [1.807, 2.05) is 20.8 Å². The highest BCUT2D eigenvalue weighted by Gasteiger charge is 2.51. The number of methoxy groups -OCH3 is 1. The average Bonchev–Trinajstić information content (AvgIpc) is 3.20. The van der Waals surface area contributed by atoms with Gasteiger partial charge in [-0.15, -0.1) is 0 Å². The predicted molar refractivity (Wildman–Crippen MR) is 168 cm³/mol. The molecule has 0 amide bonds. The number of ether oxygens (including phenoxy) is 4. The smallest absolute Gasteiger partial charge is 0.335 e. The highest BCUT2D eigenvalue weighted by Crippen LogP contribution is 2.51. The fourth-order valence-electron chi connectivity index (χ4n) is 4.00. The summed E-state index contributed by atoms with van der Waals surface area (Å²) in [6, 6.07) is 1.22. The van der Waals surface area contributed by atoms with E-state index in [9.17, 15) is 18.9 Å². The first-order valence-corrected chi connectivity index (χ1v) is 19.4. The summed E-state index contributed by atoms with van der Waals surface area (Å²) in [5.41, 5.74) is -2.13. The summed E-state index contributed by atoms with van der Waals surface area (Å²) in [7, 11) is -4.80. The van der Waals surface area contributed by atoms with Crippen molar-refractivity contribution in [1.82, 2.24) is 9.55 Å². The summed E-state index contributed by atoms with van der Waals surface area (Å²) in [5, 5.41) is -0.161. The minimum Gasteiger partial charge on any atom is -0.438 e. The lowest BCUT2D eigenvalue weighted by molar-refractivity contribution is -0.160. The van der Waals surface area contributed by atoms with Gasteiger partial charge in [0.25, 0.3) is 5.56 Å². The number of carbonyl (C=O) groups excluding carboxylic acids is 1. The minimum atomic E-state index is -3.89. The Kier molecular flexibility index (Phi) is 13.0. The van der Waals surface area contributed by atoms with Gasteiger partial charge in [-0.25, -0.2) is 4.79 Å². The van der Waals surface area contributed by atoms with Crippen molar-refractivity contribution in [2.75, 3.05) is 33.5 Å². The molecule has 15 heteroatoms. The Bertz CT molecular complexity index is 1260. The van der Waals surface area contributed by atoms with Crippen molar-refractivity contribution < 1.29 is 41.8 Å². The van der Waals surface area contributed by atoms with Crippen molar-refractivity contribution in [3.05, 3.63) is 33.1 Å². The Morgan fingerprint density at radius 1 is 1.02 bits per heavy atom. The van der Waals surface area contributed by atoms with E-state index in [1.165, 1.54) is 23.9 Å². The zero-order valence-electron chi connectivity index (χ0n) is 28.4. The van der Waals surface area contributed by atoms with Gasteiger partial charge in [0.2, 0.25) is 6.79 Å². The van der Waals surface area contributed by atoms with Gasteiger partial charge in [0, 0.05) is 19.4 Å². The molecule has 2 heterocycles. The van der Waals surface area contributed by atoms with Crippen molar-refractivity contribution in [3.8, 4) is 0 Å². The van der Waals surface area contributed by atoms with Crippen LogP contribution < -0.4 is 11.2 Å². The summed E-state index contributed by atoms with van der Waals surface area (Å²) in [5.74, 6) is -0.521. The lowest BCUT2D eigenvalue weighted by Crippen LogP contribution is -2.50. The third-order valence-electron chi connectivity index (χ3n) is 7.53. The summed E-state index contributed by atoms with van der Waals surface area (Å²) in [6.07, 6.45) is -1.70. The van der Waals surface area contributed by atoms with E-state index in [4.69, 9.17) is 32.4 Å². The molecule has 13 nitrogen and oxygen atoms in total. The van der Waals surface area contributed by atoms with Crippen LogP contribution in [0.2, 0.25) is 18.1 Å². The summed E-state index contributed by atoms with van der Waals surface area (Å²) in [4.78, 5) is 39.0. The van der Waals surface area contributed by atoms with E-state index in [0.29, 0.717) is 6.61 Å². The SMILES string of the molecule is COC1C(O[Si](C)(C)C(C)(C)C)[C@@H](CCP(=O)(OCOCC(C)(C)C)OCOC(=O)C(C)(C)C)O[C@H]1n1ccc(=O)[nH]c1=O. The number of rotatable bonds is 14. The van der Waals surface area contributed by atoms with Gasteiger partial charge >= 0.3 is 19.3 Å². The quantitative estimate of drug-likeness (QED) is 0.0937. The number of hydrogen-bond acceptors (Lipinski definition) is 11. The molecule has 1 fully saturated rings. The van der Waals surface area contributed by atoms with E-state index < -0.39 is 69.9 Å². The minimum absolute atomic E-state index is 0.123. The second-order valence-electron chi connectivity index (χ2n) is 14.8. The molecule has 0 aliphatic carbocycles. The van der Waals surface area contributed by atoms with Gasteiger partial charge in [-0.2, -0.15) is 0 Å². The molecule has 1 N–H and O–H groups in total. The maximum atomic E-state index is 13.9. The number of hydrogen-bond donors (Lipinski definition) is 1. The number of nitrogens with zero attached hydrogens (tertiary/aromatic N) is 1. The Balaban J connectivity index is 2.36. The summed E-state index contributed by atoms with van der Waals surface area (Å²) >= 11 is 0. The van der Waals surface area contributed by atoms with Crippen molar-refractivity contribution >= 4 is 21.9 Å². The third kappa shape index (κ3) is 11.0. The molecule has 0 aromatic carbocycles. The monoisotopic (exact) mass is 664 g/mol. The molecule has 2 rings (SSSR count). The predicted octanol–water partition coefficient (Wildman–Crippen LogP) is 5.02. The van der Waals surface area contributed by atoms with Crippen LogP contribution in [0.15, 0.2) is 21.9 Å². The first kappa shape index (κ1) is 38.5. The Hall–Kier alpha value is -1.64. The highest BCUT2D eigenvalue weighted by molar-refractivity contribution is 7.53. The third-order valence-corrected chi connectivity index (χ3v) is 13.8. The van der Waals surface area contributed by atoms with Crippen molar-refractivity contribution in [2.24, 2.45) is 10.8 Å². The van der Waals surface area contributed by atoms with Gasteiger partial charge in [0.05, 0.1) is 24.3 Å². The standard InChI is InChI=1S/C29H53N2O11PSi/c1-27(2,3)17-37-18-39-43(35,40-19-38-25(33)28(4,5)6)16-14-20-22(42-44(11,12)29(7,8)9)23(36-10)24(41-20)31-15-13-21(32)30-26(31)34/h13,15,20,22-24H,14,16-19H2,1-12H3,(H,30,32,34)/t20-,22?,23?,24-,43?/m1/s1. The number of esters is 1. The number of nitrogens with one attached hydrogen (secondary N) is 1. The number of H-pyrrole nitrogens is 1. The molecule has 0 saturated carbocycles. The zero-order valence-corrected chi connectivity index (χ0v) is 30.3. The molecule has 44 heavy (non-hydrogen) atoms. The van der Waals surface area contributed by atoms with E-state index in [1.54, 1.807) is 20.8 Å². The maximum Gasteiger partial charge on any atom is 0.335 e.